The summed E-state index contributed by atoms with van der Waals surface area (Å²) in [7, 11) is 1.60. The third-order valence-corrected chi connectivity index (χ3v) is 4.63. The van der Waals surface area contributed by atoms with Gasteiger partial charge in [-0.25, -0.2) is 0 Å². The molecule has 1 heterocycles. The van der Waals surface area contributed by atoms with Gasteiger partial charge in [0.05, 0.1) is 17.8 Å². The van der Waals surface area contributed by atoms with E-state index in [1.807, 2.05) is 54.6 Å². The molecule has 0 spiro atoms. The predicted molar refractivity (Wildman–Crippen MR) is 116 cm³/mol. The van der Waals surface area contributed by atoms with Crippen LogP contribution in [0.1, 0.15) is 16.8 Å². The molecule has 148 valence electrons. The highest BCUT2D eigenvalue weighted by Gasteiger charge is 2.13. The number of benzene rings is 2. The van der Waals surface area contributed by atoms with E-state index in [0.29, 0.717) is 41.2 Å². The van der Waals surface area contributed by atoms with E-state index in [9.17, 15) is 0 Å². The van der Waals surface area contributed by atoms with Gasteiger partial charge in [-0.05, 0) is 35.9 Å². The van der Waals surface area contributed by atoms with E-state index in [-0.39, 0.29) is 12.4 Å². The highest BCUT2D eigenvalue weighted by atomic mass is 35.5. The van der Waals surface area contributed by atoms with E-state index < -0.39 is 0 Å². The van der Waals surface area contributed by atoms with Crippen LogP contribution in [0.2, 0.25) is 10.0 Å². The molecule has 0 saturated carbocycles. The number of nitrogens with zero attached hydrogens (tertiary/aromatic N) is 1. The number of ether oxygens (including phenoxy) is 2. The van der Waals surface area contributed by atoms with E-state index in [2.05, 4.69) is 10.3 Å². The lowest BCUT2D eigenvalue weighted by molar-refractivity contribution is 0.284. The van der Waals surface area contributed by atoms with Gasteiger partial charge in [-0.1, -0.05) is 47.5 Å². The average molecular weight is 440 g/mol. The van der Waals surface area contributed by atoms with E-state index in [4.69, 9.17) is 32.7 Å². The van der Waals surface area contributed by atoms with Crippen LogP contribution in [-0.2, 0) is 19.7 Å². The molecule has 0 unspecified atom stereocenters. The molecule has 7 heteroatoms. The Bertz CT molecular complexity index is 892. The molecule has 0 amide bonds. The molecule has 0 atom stereocenters. The van der Waals surface area contributed by atoms with Crippen molar-refractivity contribution in [1.29, 1.82) is 0 Å². The number of hydrogen-bond acceptors (Lipinski definition) is 4. The van der Waals surface area contributed by atoms with Crippen molar-refractivity contribution in [3.05, 3.63) is 87.7 Å². The molecule has 0 bridgehead atoms. The summed E-state index contributed by atoms with van der Waals surface area (Å²) in [5.41, 5.74) is 2.87. The number of aromatic nitrogens is 1. The van der Waals surface area contributed by atoms with Crippen molar-refractivity contribution in [3.63, 3.8) is 0 Å². The number of methoxy groups -OCH3 is 1. The van der Waals surface area contributed by atoms with Crippen LogP contribution in [0.4, 0.5) is 0 Å². The van der Waals surface area contributed by atoms with Gasteiger partial charge in [-0.15, -0.1) is 12.4 Å². The first kappa shape index (κ1) is 22.3. The minimum Gasteiger partial charge on any atom is -0.493 e. The maximum absolute atomic E-state index is 6.44. The van der Waals surface area contributed by atoms with Crippen molar-refractivity contribution < 1.29 is 9.47 Å². The van der Waals surface area contributed by atoms with E-state index in [0.717, 1.165) is 16.8 Å². The van der Waals surface area contributed by atoms with Gasteiger partial charge in [-0.3, -0.25) is 4.98 Å². The maximum Gasteiger partial charge on any atom is 0.180 e. The highest BCUT2D eigenvalue weighted by Crippen LogP contribution is 2.37. The van der Waals surface area contributed by atoms with Crippen LogP contribution in [-0.4, -0.2) is 12.1 Å². The highest BCUT2D eigenvalue weighted by molar-refractivity contribution is 6.32. The molecule has 1 N–H and O–H groups in total. The van der Waals surface area contributed by atoms with Gasteiger partial charge in [0.1, 0.15) is 6.61 Å². The summed E-state index contributed by atoms with van der Waals surface area (Å²) >= 11 is 12.6. The molecule has 4 nitrogen and oxygen atoms in total. The fourth-order valence-electron chi connectivity index (χ4n) is 2.62. The quantitative estimate of drug-likeness (QED) is 0.490. The third kappa shape index (κ3) is 6.01. The van der Waals surface area contributed by atoms with Crippen molar-refractivity contribution in [1.82, 2.24) is 10.3 Å². The summed E-state index contributed by atoms with van der Waals surface area (Å²) in [6, 6.07) is 17.2. The fourth-order valence-corrected chi connectivity index (χ4v) is 3.10. The summed E-state index contributed by atoms with van der Waals surface area (Å²) in [6.45, 7) is 1.62. The zero-order chi connectivity index (χ0) is 19.1. The van der Waals surface area contributed by atoms with Gasteiger partial charge in [0.25, 0.3) is 0 Å². The Hall–Kier alpha value is -1.98. The topological polar surface area (TPSA) is 43.4 Å². The molecule has 0 saturated heterocycles. The summed E-state index contributed by atoms with van der Waals surface area (Å²) in [6.07, 6.45) is 1.78. The number of pyridine rings is 1. The summed E-state index contributed by atoms with van der Waals surface area (Å²) < 4.78 is 11.4. The molecular weight excluding hydrogens is 419 g/mol. The Kier molecular flexibility index (Phi) is 8.87. The largest absolute Gasteiger partial charge is 0.493 e. The number of rotatable bonds is 8. The zero-order valence-electron chi connectivity index (χ0n) is 15.3. The molecule has 2 aromatic carbocycles. The molecular formula is C21H21Cl3N2O2. The molecule has 0 aliphatic carbocycles. The minimum absolute atomic E-state index is 0. The van der Waals surface area contributed by atoms with Crippen LogP contribution >= 0.6 is 35.6 Å². The van der Waals surface area contributed by atoms with Crippen molar-refractivity contribution in [2.45, 2.75) is 19.7 Å². The van der Waals surface area contributed by atoms with E-state index >= 15 is 0 Å². The van der Waals surface area contributed by atoms with E-state index in [1.54, 1.807) is 13.3 Å². The lowest BCUT2D eigenvalue weighted by Gasteiger charge is -2.15. The van der Waals surface area contributed by atoms with Gasteiger partial charge in [0.2, 0.25) is 0 Å². The second-order valence-electron chi connectivity index (χ2n) is 5.91. The van der Waals surface area contributed by atoms with Crippen molar-refractivity contribution >= 4 is 35.6 Å². The number of hydrogen-bond donors (Lipinski definition) is 1. The Morgan fingerprint density at radius 2 is 1.75 bits per heavy atom. The first-order valence-electron chi connectivity index (χ1n) is 8.50. The Balaban J connectivity index is 0.00000280. The van der Waals surface area contributed by atoms with Gasteiger partial charge < -0.3 is 14.8 Å². The lowest BCUT2D eigenvalue weighted by atomic mass is 10.2. The van der Waals surface area contributed by atoms with Crippen LogP contribution in [0.25, 0.3) is 0 Å². The van der Waals surface area contributed by atoms with Crippen LogP contribution in [0.15, 0.2) is 60.8 Å². The maximum atomic E-state index is 6.44. The first-order chi connectivity index (χ1) is 13.2. The fraction of sp³-hybridized carbons (Fsp3) is 0.190. The monoisotopic (exact) mass is 438 g/mol. The summed E-state index contributed by atoms with van der Waals surface area (Å²) in [5, 5.41) is 4.50. The Morgan fingerprint density at radius 3 is 2.46 bits per heavy atom. The standard InChI is InChI=1S/C21H20Cl2N2O2.ClH/c1-26-20-11-15(12-24-13-17-7-4-5-9-25-17)10-19(23)21(20)27-14-16-6-2-3-8-18(16)22;/h2-11,24H,12-14H2,1H3;1H. The molecule has 3 rings (SSSR count). The molecule has 0 aliphatic rings. The Morgan fingerprint density at radius 1 is 0.964 bits per heavy atom. The van der Waals surface area contributed by atoms with Crippen LogP contribution < -0.4 is 14.8 Å². The molecule has 3 aromatic rings. The normalized spacial score (nSPS) is 10.2. The van der Waals surface area contributed by atoms with Crippen molar-refractivity contribution in [2.24, 2.45) is 0 Å². The zero-order valence-corrected chi connectivity index (χ0v) is 17.7. The van der Waals surface area contributed by atoms with Crippen molar-refractivity contribution in [3.8, 4) is 11.5 Å². The van der Waals surface area contributed by atoms with Crippen molar-refractivity contribution in [2.75, 3.05) is 7.11 Å². The first-order valence-corrected chi connectivity index (χ1v) is 9.26. The minimum atomic E-state index is 0. The van der Waals surface area contributed by atoms with Crippen LogP contribution in [0, 0.1) is 0 Å². The molecule has 0 fully saturated rings. The molecule has 1 aromatic heterocycles. The molecule has 0 aliphatic heterocycles. The van der Waals surface area contributed by atoms with Crippen LogP contribution in [0.5, 0.6) is 11.5 Å². The van der Waals surface area contributed by atoms with E-state index in [1.165, 1.54) is 0 Å². The second-order valence-corrected chi connectivity index (χ2v) is 6.73. The molecule has 28 heavy (non-hydrogen) atoms. The van der Waals surface area contributed by atoms with Gasteiger partial charge in [0, 0.05) is 29.9 Å². The summed E-state index contributed by atoms with van der Waals surface area (Å²) in [5.74, 6) is 1.09. The van der Waals surface area contributed by atoms with Gasteiger partial charge in [-0.2, -0.15) is 0 Å². The number of nitrogens with one attached hydrogen (secondary N) is 1. The molecule has 0 radical (unpaired) electrons. The second kappa shape index (κ2) is 11.1. The summed E-state index contributed by atoms with van der Waals surface area (Å²) in [4.78, 5) is 4.29. The van der Waals surface area contributed by atoms with Gasteiger partial charge in [0.15, 0.2) is 11.5 Å². The SMILES string of the molecule is COc1cc(CNCc2ccccn2)cc(Cl)c1OCc1ccccc1Cl.Cl. The third-order valence-electron chi connectivity index (χ3n) is 3.98. The number of halogens is 3. The predicted octanol–water partition coefficient (Wildman–Crippen LogP) is 5.69. The lowest BCUT2D eigenvalue weighted by Crippen LogP contribution is -2.13. The van der Waals surface area contributed by atoms with Crippen LogP contribution in [0.3, 0.4) is 0 Å². The Labute approximate surface area is 181 Å². The van der Waals surface area contributed by atoms with Gasteiger partial charge >= 0.3 is 0 Å². The average Bonchev–Trinajstić information content (AvgIpc) is 2.69. The smallest absolute Gasteiger partial charge is 0.180 e.